The van der Waals surface area contributed by atoms with Crippen LogP contribution in [0.15, 0.2) is 59.8 Å². The van der Waals surface area contributed by atoms with Crippen molar-refractivity contribution in [2.75, 3.05) is 7.11 Å². The maximum absolute atomic E-state index is 13.2. The summed E-state index contributed by atoms with van der Waals surface area (Å²) >= 11 is 0. The number of sulfonamides is 1. The van der Waals surface area contributed by atoms with Crippen LogP contribution in [0.4, 0.5) is 0 Å². The van der Waals surface area contributed by atoms with Gasteiger partial charge in [-0.25, -0.2) is 13.2 Å². The van der Waals surface area contributed by atoms with Crippen molar-refractivity contribution in [3.63, 3.8) is 0 Å². The Morgan fingerprint density at radius 1 is 1.34 bits per heavy atom. The molecule has 1 atom stereocenters. The summed E-state index contributed by atoms with van der Waals surface area (Å²) in [5.41, 5.74) is 0.618. The largest absolute Gasteiger partial charge is 0.480 e. The van der Waals surface area contributed by atoms with E-state index in [-0.39, 0.29) is 17.0 Å². The molecule has 1 aromatic heterocycles. The molecule has 0 spiro atoms. The number of aliphatic carboxylic acids is 1. The average Bonchev–Trinajstić information content (AvgIpc) is 2.67. The van der Waals surface area contributed by atoms with Crippen LogP contribution in [0, 0.1) is 5.92 Å². The molecule has 1 aromatic rings. The molecule has 0 fully saturated rings. The molecule has 0 aliphatic carbocycles. The second-order valence-corrected chi connectivity index (χ2v) is 8.60. The number of methoxy groups -OCH3 is 1. The van der Waals surface area contributed by atoms with E-state index in [4.69, 9.17) is 0 Å². The number of hydrogen-bond acceptors (Lipinski definition) is 6. The number of carbonyl (C=O) groups excluding carboxylic acids is 1. The number of aromatic nitrogens is 1. The van der Waals surface area contributed by atoms with Crippen LogP contribution in [0.3, 0.4) is 0 Å². The number of ether oxygens (including phenoxy) is 1. The number of allylic oxidation sites excluding steroid dienone is 3. The van der Waals surface area contributed by atoms with E-state index in [1.165, 1.54) is 38.5 Å². The van der Waals surface area contributed by atoms with Crippen LogP contribution >= 0.6 is 0 Å². The van der Waals surface area contributed by atoms with Crippen LogP contribution in [-0.2, 0) is 30.9 Å². The summed E-state index contributed by atoms with van der Waals surface area (Å²) < 4.78 is 32.0. The van der Waals surface area contributed by atoms with Gasteiger partial charge in [0.25, 0.3) is 0 Å². The number of carboxylic acid groups (broad SMARTS) is 1. The van der Waals surface area contributed by atoms with Crippen molar-refractivity contribution in [1.82, 2.24) is 9.29 Å². The predicted octanol–water partition coefficient (Wildman–Crippen LogP) is 2.51. The normalized spacial score (nSPS) is 14.0. The van der Waals surface area contributed by atoms with Gasteiger partial charge in [0.1, 0.15) is 6.04 Å². The summed E-state index contributed by atoms with van der Waals surface area (Å²) in [6.07, 6.45) is 6.74. The Balaban J connectivity index is 3.46. The standard InChI is InChI=1S/C20H26N2O6S/c1-6-17(20(25)28-5)10-9-15(4)29(26,27)22(18(14(2)3)19(23)24)13-16-8-7-11-21-12-16/h6-12,14,18H,1,13H2,2-5H3,(H,23,24)/b15-9+,17-10+. The fraction of sp³-hybridized carbons (Fsp3) is 0.350. The molecule has 0 aromatic carbocycles. The van der Waals surface area contributed by atoms with Crippen molar-refractivity contribution in [2.24, 2.45) is 5.92 Å². The molecule has 0 saturated carbocycles. The molecule has 29 heavy (non-hydrogen) atoms. The predicted molar refractivity (Wildman–Crippen MR) is 109 cm³/mol. The number of pyridine rings is 1. The molecule has 0 amide bonds. The fourth-order valence-electron chi connectivity index (χ4n) is 2.56. The first-order valence-electron chi connectivity index (χ1n) is 8.79. The van der Waals surface area contributed by atoms with Gasteiger partial charge in [0.05, 0.1) is 17.6 Å². The number of nitrogens with zero attached hydrogens (tertiary/aromatic N) is 2. The number of carbonyl (C=O) groups is 2. The zero-order valence-corrected chi connectivity index (χ0v) is 17.7. The summed E-state index contributed by atoms with van der Waals surface area (Å²) in [5.74, 6) is -2.41. The molecule has 0 aliphatic heterocycles. The van der Waals surface area contributed by atoms with E-state index >= 15 is 0 Å². The summed E-state index contributed by atoms with van der Waals surface area (Å²) in [6.45, 7) is 7.94. The highest BCUT2D eigenvalue weighted by Gasteiger charge is 2.37. The highest BCUT2D eigenvalue weighted by Crippen LogP contribution is 2.24. The van der Waals surface area contributed by atoms with Crippen LogP contribution in [-0.4, -0.2) is 47.9 Å². The molecule has 1 N–H and O–H groups in total. The Labute approximate surface area is 171 Å². The second-order valence-electron chi connectivity index (χ2n) is 6.53. The van der Waals surface area contributed by atoms with Crippen molar-refractivity contribution in [2.45, 2.75) is 33.4 Å². The number of hydrogen-bond donors (Lipinski definition) is 1. The Bertz CT molecular complexity index is 904. The van der Waals surface area contributed by atoms with Gasteiger partial charge in [-0.2, -0.15) is 4.31 Å². The van der Waals surface area contributed by atoms with Crippen molar-refractivity contribution in [3.8, 4) is 0 Å². The van der Waals surface area contributed by atoms with Crippen molar-refractivity contribution < 1.29 is 27.9 Å². The Kier molecular flexibility index (Phi) is 8.93. The first-order chi connectivity index (χ1) is 13.6. The maximum atomic E-state index is 13.2. The molecule has 0 radical (unpaired) electrons. The highest BCUT2D eigenvalue weighted by atomic mass is 32.2. The van der Waals surface area contributed by atoms with Gasteiger partial charge in [0.2, 0.25) is 10.0 Å². The van der Waals surface area contributed by atoms with Gasteiger partial charge in [-0.05, 0) is 36.6 Å². The van der Waals surface area contributed by atoms with Crippen LogP contribution < -0.4 is 0 Å². The minimum Gasteiger partial charge on any atom is -0.480 e. The van der Waals surface area contributed by atoms with Crippen molar-refractivity contribution >= 4 is 22.0 Å². The van der Waals surface area contributed by atoms with Gasteiger partial charge in [0.15, 0.2) is 0 Å². The van der Waals surface area contributed by atoms with E-state index in [9.17, 15) is 23.1 Å². The Hall–Kier alpha value is -2.78. The monoisotopic (exact) mass is 422 g/mol. The molecule has 1 unspecified atom stereocenters. The lowest BCUT2D eigenvalue weighted by atomic mass is 10.0. The van der Waals surface area contributed by atoms with Gasteiger partial charge in [-0.1, -0.05) is 32.6 Å². The van der Waals surface area contributed by atoms with Gasteiger partial charge >= 0.3 is 11.9 Å². The van der Waals surface area contributed by atoms with E-state index in [0.29, 0.717) is 5.56 Å². The smallest absolute Gasteiger partial charge is 0.337 e. The molecule has 9 heteroatoms. The lowest BCUT2D eigenvalue weighted by Gasteiger charge is -2.30. The minimum absolute atomic E-state index is 0.0690. The third kappa shape index (κ3) is 6.37. The van der Waals surface area contributed by atoms with Crippen LogP contribution in [0.5, 0.6) is 0 Å². The van der Waals surface area contributed by atoms with Gasteiger partial charge < -0.3 is 9.84 Å². The lowest BCUT2D eigenvalue weighted by Crippen LogP contribution is -2.47. The zero-order valence-electron chi connectivity index (χ0n) is 16.9. The molecular weight excluding hydrogens is 396 g/mol. The molecule has 8 nitrogen and oxygen atoms in total. The van der Waals surface area contributed by atoms with Crippen molar-refractivity contribution in [1.29, 1.82) is 0 Å². The zero-order chi connectivity index (χ0) is 22.2. The maximum Gasteiger partial charge on any atom is 0.337 e. The fourth-order valence-corrected chi connectivity index (χ4v) is 4.12. The summed E-state index contributed by atoms with van der Waals surface area (Å²) in [4.78, 5) is 27.3. The molecular formula is C20H26N2O6S. The third-order valence-electron chi connectivity index (χ3n) is 4.11. The average molecular weight is 423 g/mol. The first-order valence-corrected chi connectivity index (χ1v) is 10.2. The molecule has 1 rings (SSSR count). The SMILES string of the molecule is C=C/C(=C\C=C(/C)S(=O)(=O)N(Cc1cccnc1)C(C(=O)O)C(C)C)C(=O)OC. The van der Waals surface area contributed by atoms with Crippen LogP contribution in [0.25, 0.3) is 0 Å². The van der Waals surface area contributed by atoms with E-state index in [0.717, 1.165) is 4.31 Å². The Morgan fingerprint density at radius 2 is 2.00 bits per heavy atom. The summed E-state index contributed by atoms with van der Waals surface area (Å²) in [6, 6.07) is 2.02. The van der Waals surface area contributed by atoms with E-state index in [2.05, 4.69) is 16.3 Å². The highest BCUT2D eigenvalue weighted by molar-refractivity contribution is 7.93. The first kappa shape index (κ1) is 24.3. The third-order valence-corrected chi connectivity index (χ3v) is 6.03. The summed E-state index contributed by atoms with van der Waals surface area (Å²) in [7, 11) is -2.97. The quantitative estimate of drug-likeness (QED) is 0.350. The van der Waals surface area contributed by atoms with Crippen LogP contribution in [0.1, 0.15) is 26.3 Å². The second kappa shape index (κ2) is 10.7. The molecule has 0 aliphatic rings. The van der Waals surface area contributed by atoms with Gasteiger partial charge in [-0.3, -0.25) is 9.78 Å². The lowest BCUT2D eigenvalue weighted by molar-refractivity contribution is -0.143. The van der Waals surface area contributed by atoms with E-state index in [1.807, 2.05) is 0 Å². The van der Waals surface area contributed by atoms with E-state index < -0.39 is 33.9 Å². The van der Waals surface area contributed by atoms with E-state index in [1.54, 1.807) is 32.2 Å². The molecule has 0 bridgehead atoms. The Morgan fingerprint density at radius 3 is 2.45 bits per heavy atom. The number of esters is 1. The number of carboxylic acids is 1. The van der Waals surface area contributed by atoms with Gasteiger partial charge in [0, 0.05) is 18.9 Å². The van der Waals surface area contributed by atoms with Gasteiger partial charge in [-0.15, -0.1) is 0 Å². The van der Waals surface area contributed by atoms with Crippen molar-refractivity contribution in [3.05, 3.63) is 65.4 Å². The number of rotatable bonds is 10. The molecule has 1 heterocycles. The minimum atomic E-state index is -4.17. The van der Waals surface area contributed by atoms with Crippen LogP contribution in [0.2, 0.25) is 0 Å². The molecule has 158 valence electrons. The molecule has 0 saturated heterocycles. The summed E-state index contributed by atoms with van der Waals surface area (Å²) in [5, 5.41) is 9.67. The topological polar surface area (TPSA) is 114 Å².